The number of aromatic nitrogens is 2. The highest BCUT2D eigenvalue weighted by atomic mass is 19.1. The first-order valence-corrected chi connectivity index (χ1v) is 5.55. The largest absolute Gasteiger partial charge is 0.329 e. The van der Waals surface area contributed by atoms with Gasteiger partial charge in [-0.15, -0.1) is 0 Å². The van der Waals surface area contributed by atoms with Crippen LogP contribution in [0, 0.1) is 5.82 Å². The van der Waals surface area contributed by atoms with Gasteiger partial charge in [-0.25, -0.2) is 9.37 Å². The average molecular weight is 233 g/mol. The lowest BCUT2D eigenvalue weighted by Gasteiger charge is -2.11. The molecule has 0 atom stereocenters. The van der Waals surface area contributed by atoms with Crippen LogP contribution < -0.4 is 11.3 Å². The number of H-pyrrole nitrogens is 1. The third-order valence-electron chi connectivity index (χ3n) is 3.41. The smallest absolute Gasteiger partial charge is 0.258 e. The summed E-state index contributed by atoms with van der Waals surface area (Å²) >= 11 is 0. The molecule has 1 heterocycles. The Kier molecular flexibility index (Phi) is 2.06. The summed E-state index contributed by atoms with van der Waals surface area (Å²) < 4.78 is 13.0. The Morgan fingerprint density at radius 2 is 2.24 bits per heavy atom. The summed E-state index contributed by atoms with van der Waals surface area (Å²) in [5, 5.41) is 0.279. The lowest BCUT2D eigenvalue weighted by molar-refractivity contribution is 0.628. The molecule has 1 aliphatic rings. The maximum Gasteiger partial charge on any atom is 0.258 e. The van der Waals surface area contributed by atoms with E-state index in [1.807, 2.05) is 0 Å². The van der Waals surface area contributed by atoms with Crippen LogP contribution in [0.3, 0.4) is 0 Å². The van der Waals surface area contributed by atoms with E-state index in [4.69, 9.17) is 5.73 Å². The van der Waals surface area contributed by atoms with Gasteiger partial charge >= 0.3 is 0 Å². The summed E-state index contributed by atoms with van der Waals surface area (Å²) in [4.78, 5) is 18.9. The highest BCUT2D eigenvalue weighted by molar-refractivity contribution is 5.77. The lowest BCUT2D eigenvalue weighted by Crippen LogP contribution is -2.26. The molecule has 17 heavy (non-hydrogen) atoms. The molecule has 0 saturated heterocycles. The topological polar surface area (TPSA) is 71.8 Å². The second kappa shape index (κ2) is 3.37. The van der Waals surface area contributed by atoms with Crippen LogP contribution in [0.4, 0.5) is 4.39 Å². The van der Waals surface area contributed by atoms with Crippen LogP contribution in [0.15, 0.2) is 23.0 Å². The van der Waals surface area contributed by atoms with Gasteiger partial charge in [-0.1, -0.05) is 0 Å². The highest BCUT2D eigenvalue weighted by Gasteiger charge is 2.45. The molecule has 1 aromatic carbocycles. The minimum Gasteiger partial charge on any atom is -0.329 e. The van der Waals surface area contributed by atoms with Crippen LogP contribution in [-0.4, -0.2) is 16.5 Å². The van der Waals surface area contributed by atoms with E-state index in [2.05, 4.69) is 9.97 Å². The van der Waals surface area contributed by atoms with Crippen LogP contribution in [0.2, 0.25) is 0 Å². The Morgan fingerprint density at radius 1 is 1.47 bits per heavy atom. The number of rotatable bonds is 2. The van der Waals surface area contributed by atoms with E-state index >= 15 is 0 Å². The molecule has 0 radical (unpaired) electrons. The van der Waals surface area contributed by atoms with E-state index in [0.717, 1.165) is 12.8 Å². The van der Waals surface area contributed by atoms with Gasteiger partial charge in [0.15, 0.2) is 0 Å². The molecular weight excluding hydrogens is 221 g/mol. The maximum absolute atomic E-state index is 13.0. The summed E-state index contributed by atoms with van der Waals surface area (Å²) in [5.41, 5.74) is 5.75. The van der Waals surface area contributed by atoms with Gasteiger partial charge in [0.25, 0.3) is 5.56 Å². The first-order chi connectivity index (χ1) is 8.14. The van der Waals surface area contributed by atoms with Gasteiger partial charge < -0.3 is 10.7 Å². The fourth-order valence-electron chi connectivity index (χ4n) is 2.05. The van der Waals surface area contributed by atoms with Crippen LogP contribution in [0.1, 0.15) is 18.7 Å². The molecule has 3 rings (SSSR count). The van der Waals surface area contributed by atoms with E-state index < -0.39 is 5.82 Å². The molecule has 0 unspecified atom stereocenters. The maximum atomic E-state index is 13.0. The lowest BCUT2D eigenvalue weighted by atomic mass is 10.1. The molecule has 5 heteroatoms. The number of benzene rings is 1. The number of aromatic amines is 1. The van der Waals surface area contributed by atoms with Crippen molar-refractivity contribution in [2.75, 3.05) is 6.54 Å². The molecule has 2 aromatic rings. The van der Waals surface area contributed by atoms with Gasteiger partial charge in [0.05, 0.1) is 10.9 Å². The zero-order chi connectivity index (χ0) is 12.0. The minimum absolute atomic E-state index is 0.165. The zero-order valence-corrected chi connectivity index (χ0v) is 9.16. The van der Waals surface area contributed by atoms with E-state index in [1.54, 1.807) is 0 Å². The summed E-state index contributed by atoms with van der Waals surface area (Å²) in [7, 11) is 0. The molecule has 1 aliphatic carbocycles. The SMILES string of the molecule is NCC1(c2nc3ccc(F)cc3c(=O)[nH]2)CC1. The van der Waals surface area contributed by atoms with Crippen molar-refractivity contribution in [2.24, 2.45) is 5.73 Å². The first-order valence-electron chi connectivity index (χ1n) is 5.55. The Balaban J connectivity index is 2.25. The van der Waals surface area contributed by atoms with Crippen molar-refractivity contribution in [3.63, 3.8) is 0 Å². The van der Waals surface area contributed by atoms with E-state index in [0.29, 0.717) is 17.9 Å². The molecule has 3 N–H and O–H groups in total. The van der Waals surface area contributed by atoms with Crippen molar-refractivity contribution in [1.82, 2.24) is 9.97 Å². The van der Waals surface area contributed by atoms with Gasteiger partial charge in [-0.3, -0.25) is 4.79 Å². The van der Waals surface area contributed by atoms with Crippen molar-refractivity contribution < 1.29 is 4.39 Å². The van der Waals surface area contributed by atoms with Crippen molar-refractivity contribution >= 4 is 10.9 Å². The predicted octanol–water partition coefficient (Wildman–Crippen LogP) is 1.05. The van der Waals surface area contributed by atoms with Crippen molar-refractivity contribution in [3.8, 4) is 0 Å². The second-order valence-electron chi connectivity index (χ2n) is 4.56. The number of nitrogens with two attached hydrogens (primary N) is 1. The van der Waals surface area contributed by atoms with Crippen LogP contribution >= 0.6 is 0 Å². The molecule has 0 bridgehead atoms. The number of hydrogen-bond acceptors (Lipinski definition) is 3. The van der Waals surface area contributed by atoms with Crippen LogP contribution in [0.25, 0.3) is 10.9 Å². The summed E-state index contributed by atoms with van der Waals surface area (Å²) in [5.74, 6) is 0.196. The molecule has 1 aromatic heterocycles. The minimum atomic E-state index is -0.433. The monoisotopic (exact) mass is 233 g/mol. The fraction of sp³-hybridized carbons (Fsp3) is 0.333. The number of halogens is 1. The molecule has 1 saturated carbocycles. The molecule has 0 aliphatic heterocycles. The number of nitrogens with one attached hydrogen (secondary N) is 1. The Hall–Kier alpha value is -1.75. The number of hydrogen-bond donors (Lipinski definition) is 2. The molecule has 0 amide bonds. The average Bonchev–Trinajstić information content (AvgIpc) is 3.11. The quantitative estimate of drug-likeness (QED) is 0.814. The van der Waals surface area contributed by atoms with Crippen molar-refractivity contribution in [1.29, 1.82) is 0 Å². The Labute approximate surface area is 96.7 Å². The van der Waals surface area contributed by atoms with Crippen LogP contribution in [-0.2, 0) is 5.41 Å². The molecular formula is C12H12FN3O. The Bertz CT molecular complexity index is 646. The molecule has 88 valence electrons. The van der Waals surface area contributed by atoms with Gasteiger partial charge in [0, 0.05) is 12.0 Å². The van der Waals surface area contributed by atoms with Crippen molar-refractivity contribution in [2.45, 2.75) is 18.3 Å². The van der Waals surface area contributed by atoms with Crippen molar-refractivity contribution in [3.05, 3.63) is 40.2 Å². The molecule has 1 fully saturated rings. The third-order valence-corrected chi connectivity index (χ3v) is 3.41. The number of nitrogens with zero attached hydrogens (tertiary/aromatic N) is 1. The molecule has 4 nitrogen and oxygen atoms in total. The standard InChI is InChI=1S/C12H12FN3O/c13-7-1-2-9-8(5-7)10(17)16-11(15-9)12(6-14)3-4-12/h1-2,5H,3-4,6,14H2,(H,15,16,17). The second-order valence-corrected chi connectivity index (χ2v) is 4.56. The normalized spacial score (nSPS) is 17.3. The first kappa shape index (κ1) is 10.4. The highest BCUT2D eigenvalue weighted by Crippen LogP contribution is 2.45. The third kappa shape index (κ3) is 1.54. The fourth-order valence-corrected chi connectivity index (χ4v) is 2.05. The number of fused-ring (bicyclic) bond motifs is 1. The van der Waals surface area contributed by atoms with Gasteiger partial charge in [-0.2, -0.15) is 0 Å². The van der Waals surface area contributed by atoms with Gasteiger partial charge in [0.2, 0.25) is 0 Å². The van der Waals surface area contributed by atoms with Gasteiger partial charge in [-0.05, 0) is 31.0 Å². The molecule has 0 spiro atoms. The summed E-state index contributed by atoms with van der Waals surface area (Å²) in [6.45, 7) is 0.475. The Morgan fingerprint density at radius 3 is 2.88 bits per heavy atom. The van der Waals surface area contributed by atoms with E-state index in [-0.39, 0.29) is 16.4 Å². The van der Waals surface area contributed by atoms with Crippen LogP contribution in [0.5, 0.6) is 0 Å². The van der Waals surface area contributed by atoms with E-state index in [9.17, 15) is 9.18 Å². The summed E-state index contributed by atoms with van der Waals surface area (Å²) in [6.07, 6.45) is 1.89. The van der Waals surface area contributed by atoms with Gasteiger partial charge in [0.1, 0.15) is 11.6 Å². The zero-order valence-electron chi connectivity index (χ0n) is 9.16. The summed E-state index contributed by atoms with van der Waals surface area (Å²) in [6, 6.07) is 4.03. The van der Waals surface area contributed by atoms with E-state index in [1.165, 1.54) is 18.2 Å². The predicted molar refractivity (Wildman–Crippen MR) is 62.3 cm³/mol.